The second kappa shape index (κ2) is 7.37. The van der Waals surface area contributed by atoms with E-state index in [1.54, 1.807) is 23.0 Å². The number of nitrogens with zero attached hydrogens (tertiary/aromatic N) is 2. The van der Waals surface area contributed by atoms with E-state index in [0.717, 1.165) is 46.3 Å². The van der Waals surface area contributed by atoms with Gasteiger partial charge >= 0.3 is 0 Å². The van der Waals surface area contributed by atoms with E-state index in [9.17, 15) is 9.59 Å². The number of thiophene rings is 1. The largest absolute Gasteiger partial charge is 0.325 e. The molecule has 1 aromatic carbocycles. The topological polar surface area (TPSA) is 64.0 Å². The van der Waals surface area contributed by atoms with Crippen LogP contribution in [0.4, 0.5) is 5.69 Å². The highest BCUT2D eigenvalue weighted by Crippen LogP contribution is 2.36. The summed E-state index contributed by atoms with van der Waals surface area (Å²) in [4.78, 5) is 32.5. The highest BCUT2D eigenvalue weighted by atomic mass is 32.2. The number of hydrogen-bond donors (Lipinski definition) is 1. The molecule has 5 nitrogen and oxygen atoms in total. The predicted molar refractivity (Wildman–Crippen MR) is 117 cm³/mol. The molecular weight excluding hydrogens is 390 g/mol. The van der Waals surface area contributed by atoms with Crippen molar-refractivity contribution in [3.63, 3.8) is 0 Å². The third-order valence-electron chi connectivity index (χ3n) is 5.29. The number of fused-ring (bicyclic) bond motifs is 3. The van der Waals surface area contributed by atoms with Gasteiger partial charge in [-0.1, -0.05) is 30.0 Å². The Labute approximate surface area is 172 Å². The Hall–Kier alpha value is -2.12. The first-order valence-corrected chi connectivity index (χ1v) is 11.1. The number of amides is 1. The van der Waals surface area contributed by atoms with Gasteiger partial charge in [0.2, 0.25) is 5.91 Å². The molecule has 1 atom stereocenters. The van der Waals surface area contributed by atoms with Crippen LogP contribution in [0.2, 0.25) is 0 Å². The summed E-state index contributed by atoms with van der Waals surface area (Å²) in [7, 11) is 1.74. The zero-order valence-corrected chi connectivity index (χ0v) is 18.1. The molecule has 2 aromatic heterocycles. The molecule has 1 aliphatic carbocycles. The minimum atomic E-state index is -0.374. The maximum absolute atomic E-state index is 12.9. The maximum atomic E-state index is 12.9. The highest BCUT2D eigenvalue weighted by Gasteiger charge is 2.24. The molecule has 7 heteroatoms. The van der Waals surface area contributed by atoms with Crippen LogP contribution in [0.5, 0.6) is 0 Å². The number of benzene rings is 1. The Kier molecular flexibility index (Phi) is 5.05. The van der Waals surface area contributed by atoms with Crippen LogP contribution in [0.3, 0.4) is 0 Å². The number of thioether (sulfide) groups is 1. The van der Waals surface area contributed by atoms with Gasteiger partial charge in [-0.05, 0) is 56.7 Å². The summed E-state index contributed by atoms with van der Waals surface area (Å²) in [6.07, 6.45) is 3.12. The summed E-state index contributed by atoms with van der Waals surface area (Å²) < 4.78 is 1.58. The Bertz CT molecular complexity index is 1130. The van der Waals surface area contributed by atoms with Crippen LogP contribution in [0.15, 0.2) is 28.2 Å². The van der Waals surface area contributed by atoms with Crippen LogP contribution in [-0.2, 0) is 24.7 Å². The van der Waals surface area contributed by atoms with E-state index >= 15 is 0 Å². The molecule has 2 heterocycles. The number of aromatic nitrogens is 2. The summed E-state index contributed by atoms with van der Waals surface area (Å²) in [6, 6.07) is 5.94. The average molecular weight is 414 g/mol. The molecule has 1 N–H and O–H groups in total. The minimum absolute atomic E-state index is 0.00532. The monoisotopic (exact) mass is 413 g/mol. The van der Waals surface area contributed by atoms with Crippen LogP contribution < -0.4 is 10.9 Å². The third kappa shape index (κ3) is 3.26. The molecule has 4 rings (SSSR count). The Balaban J connectivity index is 1.60. The number of carbonyl (C=O) groups excluding carboxylic acids is 1. The number of hydrogen-bond acceptors (Lipinski definition) is 5. The Morgan fingerprint density at radius 3 is 2.71 bits per heavy atom. The summed E-state index contributed by atoms with van der Waals surface area (Å²) in [5.41, 5.74) is 4.10. The molecule has 0 aliphatic heterocycles. The summed E-state index contributed by atoms with van der Waals surface area (Å²) in [6.45, 7) is 5.81. The predicted octanol–water partition coefficient (Wildman–Crippen LogP) is 4.22. The zero-order chi connectivity index (χ0) is 20.0. The smallest absolute Gasteiger partial charge is 0.262 e. The van der Waals surface area contributed by atoms with Crippen molar-refractivity contribution < 1.29 is 4.79 Å². The van der Waals surface area contributed by atoms with Gasteiger partial charge < -0.3 is 5.32 Å². The lowest BCUT2D eigenvalue weighted by Crippen LogP contribution is -2.26. The lowest BCUT2D eigenvalue weighted by Gasteiger charge is -2.16. The maximum Gasteiger partial charge on any atom is 0.262 e. The van der Waals surface area contributed by atoms with E-state index < -0.39 is 0 Å². The van der Waals surface area contributed by atoms with E-state index in [4.69, 9.17) is 4.98 Å². The minimum Gasteiger partial charge on any atom is -0.325 e. The van der Waals surface area contributed by atoms with Crippen LogP contribution in [-0.4, -0.2) is 20.7 Å². The molecule has 146 valence electrons. The summed E-state index contributed by atoms with van der Waals surface area (Å²) >= 11 is 2.95. The van der Waals surface area contributed by atoms with E-state index in [1.807, 2.05) is 39.0 Å². The Morgan fingerprint density at radius 2 is 2.00 bits per heavy atom. The van der Waals surface area contributed by atoms with Crippen molar-refractivity contribution in [2.75, 3.05) is 5.32 Å². The SMILES string of the molecule is Cc1cccc(C)c1NC(=O)[C@@H](C)Sc1nc2sc3c(c2c(=O)n1C)CCC3. The van der Waals surface area contributed by atoms with Gasteiger partial charge in [-0.3, -0.25) is 14.2 Å². The van der Waals surface area contributed by atoms with Gasteiger partial charge in [0, 0.05) is 17.6 Å². The summed E-state index contributed by atoms with van der Waals surface area (Å²) in [5.74, 6) is -0.0922. The second-order valence-corrected chi connectivity index (χ2v) is 9.70. The second-order valence-electron chi connectivity index (χ2n) is 7.31. The molecule has 1 amide bonds. The lowest BCUT2D eigenvalue weighted by molar-refractivity contribution is -0.115. The average Bonchev–Trinajstić information content (AvgIpc) is 3.23. The molecule has 0 radical (unpaired) electrons. The van der Waals surface area contributed by atoms with Crippen molar-refractivity contribution in [3.05, 3.63) is 50.1 Å². The number of rotatable bonds is 4. The quantitative estimate of drug-likeness (QED) is 0.514. The van der Waals surface area contributed by atoms with Gasteiger partial charge in [-0.15, -0.1) is 11.3 Å². The molecule has 0 spiro atoms. The number of nitrogens with one attached hydrogen (secondary N) is 1. The molecule has 0 saturated heterocycles. The normalized spacial score (nSPS) is 14.3. The number of carbonyl (C=O) groups is 1. The van der Waals surface area contributed by atoms with E-state index in [2.05, 4.69) is 5.32 Å². The van der Waals surface area contributed by atoms with Crippen LogP contribution in [0.25, 0.3) is 10.2 Å². The first-order valence-electron chi connectivity index (χ1n) is 9.42. The van der Waals surface area contributed by atoms with Crippen molar-refractivity contribution in [1.82, 2.24) is 9.55 Å². The first-order chi connectivity index (χ1) is 13.4. The fourth-order valence-corrected chi connectivity index (χ4v) is 5.84. The fourth-order valence-electron chi connectivity index (χ4n) is 3.66. The van der Waals surface area contributed by atoms with Gasteiger partial charge in [0.25, 0.3) is 5.56 Å². The van der Waals surface area contributed by atoms with E-state index in [-0.39, 0.29) is 16.7 Å². The molecule has 28 heavy (non-hydrogen) atoms. The molecular formula is C21H23N3O2S2. The van der Waals surface area contributed by atoms with Gasteiger partial charge in [-0.25, -0.2) is 4.98 Å². The van der Waals surface area contributed by atoms with Crippen LogP contribution in [0.1, 0.15) is 34.9 Å². The number of aryl methyl sites for hydroxylation is 4. The van der Waals surface area contributed by atoms with E-state index in [0.29, 0.717) is 5.16 Å². The zero-order valence-electron chi connectivity index (χ0n) is 16.5. The van der Waals surface area contributed by atoms with Crippen molar-refractivity contribution in [3.8, 4) is 0 Å². The van der Waals surface area contributed by atoms with Crippen molar-refractivity contribution in [2.24, 2.45) is 7.05 Å². The molecule has 3 aromatic rings. The molecule has 0 unspecified atom stereocenters. The van der Waals surface area contributed by atoms with Crippen molar-refractivity contribution in [1.29, 1.82) is 0 Å². The third-order valence-corrected chi connectivity index (χ3v) is 7.62. The lowest BCUT2D eigenvalue weighted by atomic mass is 10.1. The molecule has 0 saturated carbocycles. The van der Waals surface area contributed by atoms with Crippen molar-refractivity contribution in [2.45, 2.75) is 50.4 Å². The Morgan fingerprint density at radius 1 is 1.29 bits per heavy atom. The fraction of sp³-hybridized carbons (Fsp3) is 0.381. The standard InChI is InChI=1S/C21H23N3O2S2/c1-11-7-5-8-12(2)17(11)22-18(25)13(3)27-21-23-19-16(20(26)24(21)4)14-9-6-10-15(14)28-19/h5,7-8,13H,6,9-10H2,1-4H3,(H,22,25)/t13-/m1/s1. The van der Waals surface area contributed by atoms with Gasteiger partial charge in [0.05, 0.1) is 10.6 Å². The van der Waals surface area contributed by atoms with E-state index in [1.165, 1.54) is 22.2 Å². The molecule has 0 bridgehead atoms. The van der Waals surface area contributed by atoms with Crippen LogP contribution in [0, 0.1) is 13.8 Å². The molecule has 1 aliphatic rings. The van der Waals surface area contributed by atoms with Crippen LogP contribution >= 0.6 is 23.1 Å². The van der Waals surface area contributed by atoms with Crippen molar-refractivity contribution >= 4 is 44.9 Å². The number of anilines is 1. The van der Waals surface area contributed by atoms with Gasteiger partial charge in [0.1, 0.15) is 4.83 Å². The summed E-state index contributed by atoms with van der Waals surface area (Å²) in [5, 5.41) is 4.01. The molecule has 0 fully saturated rings. The van der Waals surface area contributed by atoms with Gasteiger partial charge in [-0.2, -0.15) is 0 Å². The number of para-hydroxylation sites is 1. The van der Waals surface area contributed by atoms with Gasteiger partial charge in [0.15, 0.2) is 5.16 Å². The highest BCUT2D eigenvalue weighted by molar-refractivity contribution is 8.00. The first kappa shape index (κ1) is 19.2.